The third kappa shape index (κ3) is 5.85. The highest BCUT2D eigenvalue weighted by atomic mass is 16.5. The van der Waals surface area contributed by atoms with E-state index in [1.165, 1.54) is 37.6 Å². The van der Waals surface area contributed by atoms with Crippen LogP contribution in [-0.4, -0.2) is 45.5 Å². The van der Waals surface area contributed by atoms with E-state index in [-0.39, 0.29) is 11.3 Å². The smallest absolute Gasteiger partial charge is 0.339 e. The predicted octanol–water partition coefficient (Wildman–Crippen LogP) is 7.01. The molecule has 1 heterocycles. The molecule has 4 rings (SSSR count). The molecule has 192 valence electrons. The number of methoxy groups -OCH3 is 2. The number of hydrogen-bond acceptors (Lipinski definition) is 9. The molecule has 1 aliphatic heterocycles. The van der Waals surface area contributed by atoms with Crippen molar-refractivity contribution in [1.82, 2.24) is 0 Å². The van der Waals surface area contributed by atoms with Crippen LogP contribution in [0.25, 0.3) is 0 Å². The minimum Gasteiger partial charge on any atom is -0.496 e. The normalized spacial score (nSPS) is 13.1. The van der Waals surface area contributed by atoms with Gasteiger partial charge in [-0.3, -0.25) is 0 Å². The van der Waals surface area contributed by atoms with E-state index in [1.807, 2.05) is 19.1 Å². The largest absolute Gasteiger partial charge is 0.496 e. The van der Waals surface area contributed by atoms with Crippen molar-refractivity contribution in [2.45, 2.75) is 19.8 Å². The Balaban J connectivity index is 1.58. The van der Waals surface area contributed by atoms with Crippen LogP contribution < -0.4 is 19.1 Å². The lowest BCUT2D eigenvalue weighted by Crippen LogP contribution is -2.24. The van der Waals surface area contributed by atoms with Crippen LogP contribution in [0.1, 0.15) is 29.3 Å². The fourth-order valence-electron chi connectivity index (χ4n) is 4.09. The second-order valence-electron chi connectivity index (χ2n) is 8.35. The molecule has 1 aliphatic rings. The molecule has 0 unspecified atom stereocenters. The standard InChI is InChI=1S/C27H29N5O5/c1-5-37-26-16-23-17(7-6-12-32(23)2)13-22(26)31-29-19-9-11-21(25(15-19)36-4)30-28-18-8-10-20(27(33)34)24(14-18)35-3/h8-11,13-16H,5-7,12H2,1-4H3,(H,33,34). The third-order valence-electron chi connectivity index (χ3n) is 5.94. The molecular formula is C27H29N5O5. The molecule has 0 amide bonds. The van der Waals surface area contributed by atoms with Crippen LogP contribution in [0.5, 0.6) is 17.2 Å². The summed E-state index contributed by atoms with van der Waals surface area (Å²) in [6.45, 7) is 3.49. The Kier molecular flexibility index (Phi) is 7.97. The average molecular weight is 504 g/mol. The number of carbonyl (C=O) groups is 1. The SMILES string of the molecule is CCOc1cc2c(cc1N=Nc1ccc(N=Nc3ccc(C(=O)O)c(OC)c3)c(OC)c1)CCCN2C. The molecule has 10 heteroatoms. The quantitative estimate of drug-likeness (QED) is 0.314. The highest BCUT2D eigenvalue weighted by Gasteiger charge is 2.18. The maximum Gasteiger partial charge on any atom is 0.339 e. The van der Waals surface area contributed by atoms with Crippen LogP contribution >= 0.6 is 0 Å². The number of aromatic carboxylic acids is 1. The highest BCUT2D eigenvalue weighted by Crippen LogP contribution is 2.39. The molecule has 0 fully saturated rings. The number of hydrogen-bond donors (Lipinski definition) is 1. The third-order valence-corrected chi connectivity index (χ3v) is 5.94. The number of carboxylic acids is 1. The van der Waals surface area contributed by atoms with Gasteiger partial charge in [-0.25, -0.2) is 4.79 Å². The minimum atomic E-state index is -1.08. The van der Waals surface area contributed by atoms with E-state index in [9.17, 15) is 9.90 Å². The van der Waals surface area contributed by atoms with Gasteiger partial charge < -0.3 is 24.2 Å². The van der Waals surface area contributed by atoms with Gasteiger partial charge in [0.1, 0.15) is 34.2 Å². The van der Waals surface area contributed by atoms with Gasteiger partial charge in [-0.1, -0.05) is 0 Å². The zero-order valence-electron chi connectivity index (χ0n) is 21.3. The van der Waals surface area contributed by atoms with Crippen LogP contribution in [0.2, 0.25) is 0 Å². The van der Waals surface area contributed by atoms with Crippen LogP contribution in [-0.2, 0) is 6.42 Å². The van der Waals surface area contributed by atoms with Gasteiger partial charge in [0.15, 0.2) is 0 Å². The van der Waals surface area contributed by atoms with E-state index in [4.69, 9.17) is 14.2 Å². The summed E-state index contributed by atoms with van der Waals surface area (Å²) in [5, 5.41) is 26.6. The van der Waals surface area contributed by atoms with Gasteiger partial charge in [0, 0.05) is 37.5 Å². The predicted molar refractivity (Wildman–Crippen MR) is 141 cm³/mol. The molecule has 37 heavy (non-hydrogen) atoms. The Morgan fingerprint density at radius 2 is 1.57 bits per heavy atom. The lowest BCUT2D eigenvalue weighted by Gasteiger charge is -2.28. The molecule has 0 aromatic heterocycles. The number of nitrogens with zero attached hydrogens (tertiary/aromatic N) is 5. The molecule has 0 aliphatic carbocycles. The number of fused-ring (bicyclic) bond motifs is 1. The topological polar surface area (TPSA) is 118 Å². The minimum absolute atomic E-state index is 0.0483. The average Bonchev–Trinajstić information content (AvgIpc) is 2.91. The maximum absolute atomic E-state index is 11.3. The van der Waals surface area contributed by atoms with Gasteiger partial charge in [-0.05, 0) is 55.7 Å². The molecule has 0 saturated heterocycles. The molecule has 3 aromatic rings. The van der Waals surface area contributed by atoms with Crippen LogP contribution in [0.3, 0.4) is 0 Å². The van der Waals surface area contributed by atoms with Gasteiger partial charge in [0.2, 0.25) is 0 Å². The van der Waals surface area contributed by atoms with Crippen molar-refractivity contribution < 1.29 is 24.1 Å². The summed E-state index contributed by atoms with van der Waals surface area (Å²) in [4.78, 5) is 13.5. The van der Waals surface area contributed by atoms with Gasteiger partial charge in [-0.2, -0.15) is 10.2 Å². The Labute approximate surface area is 215 Å². The molecule has 0 radical (unpaired) electrons. The maximum atomic E-state index is 11.3. The van der Waals surface area contributed by atoms with Crippen LogP contribution in [0.4, 0.5) is 28.4 Å². The van der Waals surface area contributed by atoms with Crippen molar-refractivity contribution in [3.05, 3.63) is 59.7 Å². The number of ether oxygens (including phenoxy) is 3. The Morgan fingerprint density at radius 1 is 0.892 bits per heavy atom. The van der Waals surface area contributed by atoms with Crippen molar-refractivity contribution >= 4 is 34.4 Å². The monoisotopic (exact) mass is 503 g/mol. The summed E-state index contributed by atoms with van der Waals surface area (Å²) < 4.78 is 16.5. The zero-order valence-corrected chi connectivity index (χ0v) is 21.3. The lowest BCUT2D eigenvalue weighted by molar-refractivity contribution is 0.0693. The first-order chi connectivity index (χ1) is 17.9. The van der Waals surface area contributed by atoms with E-state index in [0.29, 0.717) is 40.9 Å². The van der Waals surface area contributed by atoms with Crippen molar-refractivity contribution in [3.63, 3.8) is 0 Å². The summed E-state index contributed by atoms with van der Waals surface area (Å²) in [5.74, 6) is 0.279. The van der Waals surface area contributed by atoms with E-state index in [0.717, 1.165) is 19.4 Å². The van der Waals surface area contributed by atoms with Crippen LogP contribution in [0.15, 0.2) is 69.0 Å². The molecule has 0 spiro atoms. The van der Waals surface area contributed by atoms with Gasteiger partial charge >= 0.3 is 5.97 Å². The number of rotatable bonds is 9. The molecule has 0 bridgehead atoms. The number of aryl methyl sites for hydroxylation is 1. The van der Waals surface area contributed by atoms with E-state index in [1.54, 1.807) is 24.3 Å². The highest BCUT2D eigenvalue weighted by molar-refractivity contribution is 5.91. The molecule has 0 saturated carbocycles. The fourth-order valence-corrected chi connectivity index (χ4v) is 4.09. The van der Waals surface area contributed by atoms with Crippen LogP contribution in [0, 0.1) is 0 Å². The first-order valence-corrected chi connectivity index (χ1v) is 11.9. The van der Waals surface area contributed by atoms with E-state index >= 15 is 0 Å². The van der Waals surface area contributed by atoms with Crippen molar-refractivity contribution in [1.29, 1.82) is 0 Å². The fraction of sp³-hybridized carbons (Fsp3) is 0.296. The molecule has 0 atom stereocenters. The van der Waals surface area contributed by atoms with Gasteiger partial charge in [-0.15, -0.1) is 10.2 Å². The van der Waals surface area contributed by atoms with Crippen molar-refractivity contribution in [2.75, 3.05) is 39.3 Å². The molecule has 1 N–H and O–H groups in total. The number of benzene rings is 3. The molecular weight excluding hydrogens is 474 g/mol. The first-order valence-electron chi connectivity index (χ1n) is 11.9. The summed E-state index contributed by atoms with van der Waals surface area (Å²) in [5.41, 5.74) is 4.63. The summed E-state index contributed by atoms with van der Waals surface area (Å²) in [6, 6.07) is 13.8. The van der Waals surface area contributed by atoms with Gasteiger partial charge in [0.05, 0.1) is 32.2 Å². The lowest BCUT2D eigenvalue weighted by atomic mass is 10.0. The summed E-state index contributed by atoms with van der Waals surface area (Å²) >= 11 is 0. The summed E-state index contributed by atoms with van der Waals surface area (Å²) in [6.07, 6.45) is 2.09. The first kappa shape index (κ1) is 25.6. The molecule has 10 nitrogen and oxygen atoms in total. The second kappa shape index (κ2) is 11.5. The van der Waals surface area contributed by atoms with Crippen molar-refractivity contribution in [2.24, 2.45) is 20.5 Å². The number of carboxylic acid groups (broad SMARTS) is 1. The van der Waals surface area contributed by atoms with E-state index < -0.39 is 5.97 Å². The number of azo groups is 2. The van der Waals surface area contributed by atoms with Gasteiger partial charge in [0.25, 0.3) is 0 Å². The second-order valence-corrected chi connectivity index (χ2v) is 8.35. The Bertz CT molecular complexity index is 1360. The summed E-state index contributed by atoms with van der Waals surface area (Å²) in [7, 11) is 5.02. The number of anilines is 1. The van der Waals surface area contributed by atoms with E-state index in [2.05, 4.69) is 32.4 Å². The Hall–Kier alpha value is -4.47. The van der Waals surface area contributed by atoms with Crippen molar-refractivity contribution in [3.8, 4) is 17.2 Å². The Morgan fingerprint density at radius 3 is 2.24 bits per heavy atom. The molecule has 3 aromatic carbocycles. The zero-order chi connectivity index (χ0) is 26.4.